The molecule has 0 spiro atoms. The lowest BCUT2D eigenvalue weighted by Crippen LogP contribution is -2.41. The lowest BCUT2D eigenvalue weighted by Gasteiger charge is -2.36. The smallest absolute Gasteiger partial charge is 0.222 e. The normalized spacial score (nSPS) is 16.1. The molecule has 0 aliphatic carbocycles. The van der Waals surface area contributed by atoms with Crippen LogP contribution >= 0.6 is 0 Å². The first-order chi connectivity index (χ1) is 12.5. The van der Waals surface area contributed by atoms with Gasteiger partial charge in [-0.25, -0.2) is 4.39 Å². The summed E-state index contributed by atoms with van der Waals surface area (Å²) in [6.07, 6.45) is 1.03. The van der Waals surface area contributed by atoms with Crippen LogP contribution in [0.1, 0.15) is 41.6 Å². The van der Waals surface area contributed by atoms with Crippen LogP contribution in [0.25, 0.3) is 0 Å². The maximum atomic E-state index is 13.3. The summed E-state index contributed by atoms with van der Waals surface area (Å²) in [7, 11) is 0. The van der Waals surface area contributed by atoms with Gasteiger partial charge in [0.15, 0.2) is 0 Å². The summed E-state index contributed by atoms with van der Waals surface area (Å²) in [6.45, 7) is 4.21. The van der Waals surface area contributed by atoms with Gasteiger partial charge < -0.3 is 10.2 Å². The maximum Gasteiger partial charge on any atom is 0.222 e. The largest absolute Gasteiger partial charge is 0.352 e. The van der Waals surface area contributed by atoms with Crippen molar-refractivity contribution in [3.8, 4) is 0 Å². The Balaban J connectivity index is 1.70. The highest BCUT2D eigenvalue weighted by atomic mass is 19.1. The summed E-state index contributed by atoms with van der Waals surface area (Å²) >= 11 is 0. The fourth-order valence-corrected chi connectivity index (χ4v) is 3.51. The molecule has 1 aliphatic heterocycles. The minimum absolute atomic E-state index is 0.0218. The quantitative estimate of drug-likeness (QED) is 0.916. The molecule has 1 atom stereocenters. The molecule has 1 aliphatic rings. The Kier molecular flexibility index (Phi) is 5.35. The molecular formula is C21H23FN2O2. The third-order valence-electron chi connectivity index (χ3n) is 4.91. The SMILES string of the molecule is CC(=O)N1CCc2ccccc2C1CC(=O)NCc1ccc(F)c(C)c1. The summed E-state index contributed by atoms with van der Waals surface area (Å²) in [5.74, 6) is -0.401. The second kappa shape index (κ2) is 7.68. The number of aryl methyl sites for hydroxylation is 1. The Hall–Kier alpha value is -2.69. The van der Waals surface area contributed by atoms with E-state index in [1.165, 1.54) is 11.6 Å². The van der Waals surface area contributed by atoms with Gasteiger partial charge in [-0.1, -0.05) is 36.4 Å². The number of nitrogens with zero attached hydrogens (tertiary/aromatic N) is 1. The zero-order valence-corrected chi connectivity index (χ0v) is 15.1. The first kappa shape index (κ1) is 18.1. The zero-order valence-electron chi connectivity index (χ0n) is 15.1. The van der Waals surface area contributed by atoms with Gasteiger partial charge in [0.25, 0.3) is 0 Å². The summed E-state index contributed by atoms with van der Waals surface area (Å²) < 4.78 is 13.3. The molecule has 1 unspecified atom stereocenters. The molecule has 2 aromatic carbocycles. The van der Waals surface area contributed by atoms with Gasteiger partial charge in [0.05, 0.1) is 12.5 Å². The van der Waals surface area contributed by atoms with Crippen molar-refractivity contribution in [2.24, 2.45) is 0 Å². The molecule has 5 heteroatoms. The zero-order chi connectivity index (χ0) is 18.7. The molecule has 2 aromatic rings. The molecule has 0 bridgehead atoms. The van der Waals surface area contributed by atoms with Crippen LogP contribution in [-0.2, 0) is 22.6 Å². The first-order valence-corrected chi connectivity index (χ1v) is 8.82. The van der Waals surface area contributed by atoms with Crippen LogP contribution in [0.4, 0.5) is 4.39 Å². The van der Waals surface area contributed by atoms with Crippen LogP contribution in [0, 0.1) is 12.7 Å². The first-order valence-electron chi connectivity index (χ1n) is 8.82. The molecule has 0 saturated heterocycles. The molecule has 0 fully saturated rings. The maximum absolute atomic E-state index is 13.3. The third kappa shape index (κ3) is 3.93. The van der Waals surface area contributed by atoms with Crippen LogP contribution in [0.5, 0.6) is 0 Å². The fraction of sp³-hybridized carbons (Fsp3) is 0.333. The second-order valence-electron chi connectivity index (χ2n) is 6.74. The summed E-state index contributed by atoms with van der Waals surface area (Å²) in [4.78, 5) is 26.3. The van der Waals surface area contributed by atoms with Crippen LogP contribution in [0.2, 0.25) is 0 Å². The number of rotatable bonds is 4. The monoisotopic (exact) mass is 354 g/mol. The van der Waals surface area contributed by atoms with Gasteiger partial charge in [-0.2, -0.15) is 0 Å². The summed E-state index contributed by atoms with van der Waals surface area (Å²) in [5.41, 5.74) is 3.64. The van der Waals surface area contributed by atoms with E-state index in [9.17, 15) is 14.0 Å². The molecule has 0 aromatic heterocycles. The van der Waals surface area contributed by atoms with E-state index >= 15 is 0 Å². The molecular weight excluding hydrogens is 331 g/mol. The number of benzene rings is 2. The minimum Gasteiger partial charge on any atom is -0.352 e. The number of carbonyl (C=O) groups is 2. The molecule has 0 radical (unpaired) electrons. The molecule has 1 heterocycles. The summed E-state index contributed by atoms with van der Waals surface area (Å²) in [5, 5.41) is 2.88. The van der Waals surface area contributed by atoms with Gasteiger partial charge in [-0.3, -0.25) is 9.59 Å². The van der Waals surface area contributed by atoms with Gasteiger partial charge >= 0.3 is 0 Å². The van der Waals surface area contributed by atoms with E-state index in [1.54, 1.807) is 30.9 Å². The third-order valence-corrected chi connectivity index (χ3v) is 4.91. The van der Waals surface area contributed by atoms with Gasteiger partial charge in [-0.05, 0) is 41.7 Å². The Morgan fingerprint density at radius 2 is 2.00 bits per heavy atom. The molecule has 4 nitrogen and oxygen atoms in total. The predicted octanol–water partition coefficient (Wildman–Crippen LogP) is 3.29. The number of nitrogens with one attached hydrogen (secondary N) is 1. The Morgan fingerprint density at radius 1 is 1.23 bits per heavy atom. The van der Waals surface area contributed by atoms with E-state index in [1.807, 2.05) is 18.2 Å². The Bertz CT molecular complexity index is 835. The lowest BCUT2D eigenvalue weighted by atomic mass is 9.90. The molecule has 26 heavy (non-hydrogen) atoms. The average Bonchev–Trinajstić information content (AvgIpc) is 2.62. The second-order valence-corrected chi connectivity index (χ2v) is 6.74. The van der Waals surface area contributed by atoms with Gasteiger partial charge in [-0.15, -0.1) is 0 Å². The van der Waals surface area contributed by atoms with Gasteiger partial charge in [0.2, 0.25) is 11.8 Å². The fourth-order valence-electron chi connectivity index (χ4n) is 3.51. The number of hydrogen-bond donors (Lipinski definition) is 1. The van der Waals surface area contributed by atoms with Crippen molar-refractivity contribution in [3.63, 3.8) is 0 Å². The van der Waals surface area contributed by atoms with Gasteiger partial charge in [0.1, 0.15) is 5.82 Å². The van der Waals surface area contributed by atoms with Crippen LogP contribution in [0.3, 0.4) is 0 Å². The van der Waals surface area contributed by atoms with E-state index in [-0.39, 0.29) is 30.1 Å². The van der Waals surface area contributed by atoms with Crippen molar-refractivity contribution in [2.75, 3.05) is 6.54 Å². The topological polar surface area (TPSA) is 49.4 Å². The predicted molar refractivity (Wildman–Crippen MR) is 97.9 cm³/mol. The van der Waals surface area contributed by atoms with Crippen molar-refractivity contribution >= 4 is 11.8 Å². The highest BCUT2D eigenvalue weighted by Crippen LogP contribution is 2.32. The lowest BCUT2D eigenvalue weighted by molar-refractivity contribution is -0.133. The van der Waals surface area contributed by atoms with Crippen molar-refractivity contribution in [1.82, 2.24) is 10.2 Å². The number of amides is 2. The number of carbonyl (C=O) groups excluding carboxylic acids is 2. The number of fused-ring (bicyclic) bond motifs is 1. The van der Waals surface area contributed by atoms with Crippen molar-refractivity contribution in [2.45, 2.75) is 39.3 Å². The molecule has 1 N–H and O–H groups in total. The van der Waals surface area contributed by atoms with E-state index in [4.69, 9.17) is 0 Å². The highest BCUT2D eigenvalue weighted by molar-refractivity contribution is 5.79. The summed E-state index contributed by atoms with van der Waals surface area (Å²) in [6, 6.07) is 12.5. The molecule has 136 valence electrons. The van der Waals surface area contributed by atoms with E-state index in [2.05, 4.69) is 11.4 Å². The van der Waals surface area contributed by atoms with E-state index in [0.29, 0.717) is 18.7 Å². The van der Waals surface area contributed by atoms with E-state index < -0.39 is 0 Å². The van der Waals surface area contributed by atoms with Crippen molar-refractivity contribution in [3.05, 3.63) is 70.5 Å². The number of hydrogen-bond acceptors (Lipinski definition) is 2. The van der Waals surface area contributed by atoms with Crippen molar-refractivity contribution < 1.29 is 14.0 Å². The van der Waals surface area contributed by atoms with Gasteiger partial charge in [0, 0.05) is 20.0 Å². The van der Waals surface area contributed by atoms with E-state index in [0.717, 1.165) is 17.5 Å². The average molecular weight is 354 g/mol. The minimum atomic E-state index is -0.254. The number of halogens is 1. The van der Waals surface area contributed by atoms with Crippen LogP contribution < -0.4 is 5.32 Å². The van der Waals surface area contributed by atoms with Crippen molar-refractivity contribution in [1.29, 1.82) is 0 Å². The molecule has 3 rings (SSSR count). The standard InChI is InChI=1S/C21H23FN2O2/c1-14-11-16(7-8-19(14)22)13-23-21(26)12-20-18-6-4-3-5-17(18)9-10-24(20)15(2)25/h3-8,11,20H,9-10,12-13H2,1-2H3,(H,23,26). The Labute approximate surface area is 153 Å². The van der Waals surface area contributed by atoms with Crippen LogP contribution in [0.15, 0.2) is 42.5 Å². The highest BCUT2D eigenvalue weighted by Gasteiger charge is 2.30. The Morgan fingerprint density at radius 3 is 2.73 bits per heavy atom. The molecule has 2 amide bonds. The van der Waals surface area contributed by atoms with Crippen LogP contribution in [-0.4, -0.2) is 23.3 Å². The molecule has 0 saturated carbocycles.